The highest BCUT2D eigenvalue weighted by atomic mass is 16.5. The smallest absolute Gasteiger partial charge is 0.147 e. The number of aromatic amines is 1. The average Bonchev–Trinajstić information content (AvgIpc) is 3.44. The van der Waals surface area contributed by atoms with Gasteiger partial charge in [0.05, 0.1) is 24.9 Å². The first-order valence-corrected chi connectivity index (χ1v) is 10.1. The zero-order valence-corrected chi connectivity index (χ0v) is 16.3. The molecule has 2 N–H and O–H groups in total. The van der Waals surface area contributed by atoms with Crippen LogP contribution in [0.15, 0.2) is 36.7 Å². The summed E-state index contributed by atoms with van der Waals surface area (Å²) in [5, 5.41) is 15.5. The molecule has 1 aromatic carbocycles. The molecule has 2 aliphatic rings. The normalized spacial score (nSPS) is 16.2. The number of fused-ring (bicyclic) bond motifs is 2. The molecule has 4 aromatic rings. The van der Waals surface area contributed by atoms with E-state index < -0.39 is 0 Å². The summed E-state index contributed by atoms with van der Waals surface area (Å²) < 4.78 is 7.72. The molecule has 0 radical (unpaired) electrons. The monoisotopic (exact) mass is 386 g/mol. The molecular formula is C22H22N6O. The summed E-state index contributed by atoms with van der Waals surface area (Å²) in [6, 6.07) is 8.93. The number of rotatable bonds is 4. The number of aromatic nitrogens is 5. The van der Waals surface area contributed by atoms with Gasteiger partial charge in [0, 0.05) is 36.5 Å². The number of methoxy groups -OCH3 is 1. The van der Waals surface area contributed by atoms with Gasteiger partial charge >= 0.3 is 0 Å². The molecule has 146 valence electrons. The summed E-state index contributed by atoms with van der Waals surface area (Å²) in [7, 11) is 1.70. The number of H-pyrrole nitrogens is 1. The van der Waals surface area contributed by atoms with Gasteiger partial charge in [0.2, 0.25) is 0 Å². The van der Waals surface area contributed by atoms with E-state index in [0.717, 1.165) is 59.7 Å². The van der Waals surface area contributed by atoms with Gasteiger partial charge in [0.15, 0.2) is 0 Å². The van der Waals surface area contributed by atoms with E-state index in [2.05, 4.69) is 45.0 Å². The summed E-state index contributed by atoms with van der Waals surface area (Å²) in [6.45, 7) is 1.92. The van der Waals surface area contributed by atoms with E-state index in [1.165, 1.54) is 23.1 Å². The number of ether oxygens (including phenoxy) is 1. The van der Waals surface area contributed by atoms with Crippen LogP contribution in [-0.4, -0.2) is 45.2 Å². The molecule has 3 aromatic heterocycles. The molecule has 0 amide bonds. The zero-order valence-electron chi connectivity index (χ0n) is 16.3. The van der Waals surface area contributed by atoms with Crippen LogP contribution in [0.1, 0.15) is 23.6 Å². The molecule has 7 nitrogen and oxygen atoms in total. The Morgan fingerprint density at radius 1 is 1.17 bits per heavy atom. The molecule has 1 saturated heterocycles. The average molecular weight is 386 g/mol. The fourth-order valence-electron chi connectivity index (χ4n) is 4.44. The van der Waals surface area contributed by atoms with Crippen molar-refractivity contribution in [2.45, 2.75) is 25.3 Å². The van der Waals surface area contributed by atoms with Crippen LogP contribution in [0.3, 0.4) is 0 Å². The lowest BCUT2D eigenvalue weighted by Gasteiger charge is -2.27. The van der Waals surface area contributed by atoms with Crippen molar-refractivity contribution >= 4 is 11.0 Å². The topological polar surface area (TPSA) is 80.6 Å². The van der Waals surface area contributed by atoms with Gasteiger partial charge in [-0.15, -0.1) is 0 Å². The van der Waals surface area contributed by atoms with Gasteiger partial charge in [-0.05, 0) is 30.4 Å². The molecule has 1 aliphatic carbocycles. The zero-order chi connectivity index (χ0) is 19.4. The highest BCUT2D eigenvalue weighted by Gasteiger charge is 2.23. The number of aryl methyl sites for hydroxylation is 1. The van der Waals surface area contributed by atoms with Crippen LogP contribution < -0.4 is 10.1 Å². The molecule has 0 saturated carbocycles. The van der Waals surface area contributed by atoms with Crippen molar-refractivity contribution in [1.82, 2.24) is 30.3 Å². The third-order valence-electron chi connectivity index (χ3n) is 6.13. The minimum absolute atomic E-state index is 0.421. The minimum Gasteiger partial charge on any atom is -0.494 e. The van der Waals surface area contributed by atoms with Crippen molar-refractivity contribution in [2.24, 2.45) is 0 Å². The Morgan fingerprint density at radius 2 is 2.10 bits per heavy atom. The lowest BCUT2D eigenvalue weighted by Crippen LogP contribution is -2.43. The Kier molecular flexibility index (Phi) is 3.70. The Bertz CT molecular complexity index is 1220. The summed E-state index contributed by atoms with van der Waals surface area (Å²) in [5.41, 5.74) is 8.40. The van der Waals surface area contributed by atoms with E-state index in [-0.39, 0.29) is 0 Å². The summed E-state index contributed by atoms with van der Waals surface area (Å²) in [5.74, 6) is 0.768. The maximum absolute atomic E-state index is 5.71. The quantitative estimate of drug-likeness (QED) is 0.563. The van der Waals surface area contributed by atoms with Gasteiger partial charge in [0.1, 0.15) is 22.7 Å². The number of pyridine rings is 1. The van der Waals surface area contributed by atoms with E-state index in [1.54, 1.807) is 7.11 Å². The second-order valence-electron chi connectivity index (χ2n) is 7.83. The summed E-state index contributed by atoms with van der Waals surface area (Å²) in [6.07, 6.45) is 7.37. The Morgan fingerprint density at radius 3 is 2.93 bits per heavy atom. The molecule has 1 fully saturated rings. The number of benzene rings is 1. The molecule has 4 heterocycles. The third kappa shape index (κ3) is 2.57. The molecule has 7 heteroatoms. The van der Waals surface area contributed by atoms with Crippen LogP contribution in [0, 0.1) is 0 Å². The van der Waals surface area contributed by atoms with Crippen LogP contribution in [0.25, 0.3) is 33.5 Å². The third-order valence-corrected chi connectivity index (χ3v) is 6.13. The number of hydrogen-bond donors (Lipinski definition) is 2. The predicted octanol–water partition coefficient (Wildman–Crippen LogP) is 3.13. The maximum Gasteiger partial charge on any atom is 0.147 e. The Balaban J connectivity index is 1.51. The first-order chi connectivity index (χ1) is 14.3. The van der Waals surface area contributed by atoms with Gasteiger partial charge in [-0.2, -0.15) is 10.2 Å². The van der Waals surface area contributed by atoms with E-state index >= 15 is 0 Å². The SMILES string of the molecule is COc1cc2[nH]nc(-c3cnn(C4CNC4)c3)c2nc1-c1cccc2c1CCC2. The maximum atomic E-state index is 5.71. The van der Waals surface area contributed by atoms with Gasteiger partial charge in [-0.1, -0.05) is 18.2 Å². The molecule has 1 aliphatic heterocycles. The van der Waals surface area contributed by atoms with Crippen LogP contribution in [0.5, 0.6) is 5.75 Å². The minimum atomic E-state index is 0.421. The van der Waals surface area contributed by atoms with Gasteiger partial charge in [0.25, 0.3) is 0 Å². The van der Waals surface area contributed by atoms with Crippen LogP contribution in [0.2, 0.25) is 0 Å². The molecule has 6 rings (SSSR count). The second-order valence-corrected chi connectivity index (χ2v) is 7.83. The lowest BCUT2D eigenvalue weighted by atomic mass is 9.99. The van der Waals surface area contributed by atoms with Crippen molar-refractivity contribution in [3.63, 3.8) is 0 Å². The number of nitrogens with one attached hydrogen (secondary N) is 2. The first kappa shape index (κ1) is 16.7. The number of nitrogens with zero attached hydrogens (tertiary/aromatic N) is 4. The van der Waals surface area contributed by atoms with Crippen molar-refractivity contribution < 1.29 is 4.74 Å². The molecule has 0 spiro atoms. The second kappa shape index (κ2) is 6.42. The molecule has 29 heavy (non-hydrogen) atoms. The lowest BCUT2D eigenvalue weighted by molar-refractivity contribution is 0.318. The highest BCUT2D eigenvalue weighted by molar-refractivity contribution is 5.92. The highest BCUT2D eigenvalue weighted by Crippen LogP contribution is 2.38. The fraction of sp³-hybridized carbons (Fsp3) is 0.318. The molecule has 0 atom stereocenters. The van der Waals surface area contributed by atoms with Crippen LogP contribution in [0.4, 0.5) is 0 Å². The standard InChI is InChI=1S/C22H22N6O/c1-29-19-8-18-22(25-21(19)17-7-3-5-13-4-2-6-16(13)17)20(27-26-18)14-9-24-28(12-14)15-10-23-11-15/h3,5,7-9,12,15,23H,2,4,6,10-11H2,1H3,(H,26,27). The molecule has 0 unspecified atom stereocenters. The van der Waals surface area contributed by atoms with Gasteiger partial charge in [-0.3, -0.25) is 9.78 Å². The predicted molar refractivity (Wildman–Crippen MR) is 111 cm³/mol. The van der Waals surface area contributed by atoms with Crippen molar-refractivity contribution in [1.29, 1.82) is 0 Å². The number of hydrogen-bond acceptors (Lipinski definition) is 5. The van der Waals surface area contributed by atoms with Gasteiger partial charge < -0.3 is 10.1 Å². The van der Waals surface area contributed by atoms with E-state index in [4.69, 9.17) is 9.72 Å². The Hall–Kier alpha value is -3.19. The summed E-state index contributed by atoms with van der Waals surface area (Å²) >= 11 is 0. The fourth-order valence-corrected chi connectivity index (χ4v) is 4.44. The first-order valence-electron chi connectivity index (χ1n) is 10.1. The van der Waals surface area contributed by atoms with Crippen molar-refractivity contribution in [2.75, 3.05) is 20.2 Å². The summed E-state index contributed by atoms with van der Waals surface area (Å²) in [4.78, 5) is 5.05. The molecular weight excluding hydrogens is 364 g/mol. The van der Waals surface area contributed by atoms with Gasteiger partial charge in [-0.25, -0.2) is 4.98 Å². The van der Waals surface area contributed by atoms with E-state index in [9.17, 15) is 0 Å². The van der Waals surface area contributed by atoms with Crippen molar-refractivity contribution in [3.8, 4) is 28.3 Å². The molecule has 0 bridgehead atoms. The van der Waals surface area contributed by atoms with Crippen LogP contribution >= 0.6 is 0 Å². The van der Waals surface area contributed by atoms with Crippen LogP contribution in [-0.2, 0) is 12.8 Å². The van der Waals surface area contributed by atoms with Crippen molar-refractivity contribution in [3.05, 3.63) is 47.8 Å². The Labute approximate surface area is 168 Å². The van der Waals surface area contributed by atoms with E-state index in [0.29, 0.717) is 6.04 Å². The largest absolute Gasteiger partial charge is 0.494 e. The van der Waals surface area contributed by atoms with E-state index in [1.807, 2.05) is 16.9 Å².